The van der Waals surface area contributed by atoms with Crippen LogP contribution in [0.25, 0.3) is 0 Å². The molecular weight excluding hydrogens is 172 g/mol. The van der Waals surface area contributed by atoms with E-state index in [2.05, 4.69) is 17.6 Å². The molecule has 70 valence electrons. The molecule has 2 atom stereocenters. The predicted octanol–water partition coefficient (Wildman–Crippen LogP) is 0.216. The highest BCUT2D eigenvalue weighted by Crippen LogP contribution is 2.25. The van der Waals surface area contributed by atoms with Crippen LogP contribution >= 0.6 is 11.8 Å². The number of hydrogen-bond acceptors (Lipinski definition) is 3. The molecule has 1 aliphatic rings. The van der Waals surface area contributed by atoms with Crippen LogP contribution in [-0.4, -0.2) is 36.5 Å². The van der Waals surface area contributed by atoms with Crippen LogP contribution in [0.2, 0.25) is 0 Å². The molecule has 2 unspecified atom stereocenters. The van der Waals surface area contributed by atoms with E-state index in [0.717, 1.165) is 0 Å². The summed E-state index contributed by atoms with van der Waals surface area (Å²) in [6.45, 7) is 2.66. The Morgan fingerprint density at radius 3 is 2.92 bits per heavy atom. The summed E-state index contributed by atoms with van der Waals surface area (Å²) in [7, 11) is 1.66. The molecule has 1 rings (SSSR count). The molecule has 1 aliphatic heterocycles. The molecule has 1 amide bonds. The summed E-state index contributed by atoms with van der Waals surface area (Å²) < 4.78 is 0. The highest BCUT2D eigenvalue weighted by molar-refractivity contribution is 8.00. The molecule has 0 bridgehead atoms. The monoisotopic (exact) mass is 188 g/mol. The Balaban J connectivity index is 2.18. The summed E-state index contributed by atoms with van der Waals surface area (Å²) in [5.41, 5.74) is 0. The van der Waals surface area contributed by atoms with Crippen LogP contribution in [0.1, 0.15) is 13.3 Å². The Bertz CT molecular complexity index is 163. The molecule has 0 aliphatic carbocycles. The van der Waals surface area contributed by atoms with Gasteiger partial charge in [-0.15, -0.1) is 0 Å². The fourth-order valence-corrected chi connectivity index (χ4v) is 2.54. The van der Waals surface area contributed by atoms with Crippen molar-refractivity contribution in [1.82, 2.24) is 10.6 Å². The molecule has 0 saturated carbocycles. The zero-order chi connectivity index (χ0) is 8.97. The quantitative estimate of drug-likeness (QED) is 0.665. The Morgan fingerprint density at radius 2 is 2.42 bits per heavy atom. The Kier molecular flexibility index (Phi) is 3.88. The molecule has 1 heterocycles. The van der Waals surface area contributed by atoms with Crippen molar-refractivity contribution >= 4 is 17.7 Å². The average Bonchev–Trinajstić information content (AvgIpc) is 2.47. The summed E-state index contributed by atoms with van der Waals surface area (Å²) >= 11 is 1.97. The van der Waals surface area contributed by atoms with Gasteiger partial charge in [0, 0.05) is 18.3 Å². The van der Waals surface area contributed by atoms with E-state index in [4.69, 9.17) is 0 Å². The van der Waals surface area contributed by atoms with Gasteiger partial charge in [-0.1, -0.05) is 6.92 Å². The van der Waals surface area contributed by atoms with E-state index in [9.17, 15) is 4.79 Å². The van der Waals surface area contributed by atoms with Gasteiger partial charge < -0.3 is 10.6 Å². The maximum Gasteiger partial charge on any atom is 0.233 e. The first-order valence-electron chi connectivity index (χ1n) is 4.29. The van der Waals surface area contributed by atoms with Crippen molar-refractivity contribution < 1.29 is 4.79 Å². The normalized spacial score (nSPS) is 28.8. The number of likely N-dealkylation sites (N-methyl/N-ethyl adjacent to an activating group) is 1. The number of carbonyl (C=O) groups excluding carboxylic acids is 1. The third kappa shape index (κ3) is 2.68. The lowest BCUT2D eigenvalue weighted by molar-refractivity contribution is -0.119. The van der Waals surface area contributed by atoms with Crippen LogP contribution in [0.3, 0.4) is 0 Å². The summed E-state index contributed by atoms with van der Waals surface area (Å²) in [6.07, 6.45) is 1.18. The topological polar surface area (TPSA) is 41.1 Å². The van der Waals surface area contributed by atoms with E-state index in [0.29, 0.717) is 17.8 Å². The minimum Gasteiger partial charge on any atom is -0.358 e. The minimum absolute atomic E-state index is 0.0686. The van der Waals surface area contributed by atoms with E-state index < -0.39 is 0 Å². The number of thioether (sulfide) groups is 1. The Labute approximate surface area is 77.7 Å². The first-order valence-corrected chi connectivity index (χ1v) is 5.34. The molecule has 0 radical (unpaired) electrons. The molecule has 1 fully saturated rings. The van der Waals surface area contributed by atoms with Gasteiger partial charge in [-0.2, -0.15) is 11.8 Å². The third-order valence-corrected chi connectivity index (χ3v) is 3.51. The number of hydrogen-bond donors (Lipinski definition) is 2. The van der Waals surface area contributed by atoms with Crippen LogP contribution in [-0.2, 0) is 4.79 Å². The lowest BCUT2D eigenvalue weighted by Crippen LogP contribution is -2.40. The van der Waals surface area contributed by atoms with Gasteiger partial charge in [-0.3, -0.25) is 4.79 Å². The second-order valence-corrected chi connectivity index (χ2v) is 4.51. The molecule has 1 saturated heterocycles. The van der Waals surface area contributed by atoms with E-state index in [-0.39, 0.29) is 5.91 Å². The molecule has 12 heavy (non-hydrogen) atoms. The van der Waals surface area contributed by atoms with Crippen LogP contribution in [0.5, 0.6) is 0 Å². The van der Waals surface area contributed by atoms with Gasteiger partial charge in [0.15, 0.2) is 0 Å². The summed E-state index contributed by atoms with van der Waals surface area (Å²) in [4.78, 5) is 10.9. The van der Waals surface area contributed by atoms with Crippen LogP contribution in [0.15, 0.2) is 0 Å². The molecule has 3 nitrogen and oxygen atoms in total. The molecule has 0 aromatic heterocycles. The van der Waals surface area contributed by atoms with Gasteiger partial charge in [0.25, 0.3) is 0 Å². The van der Waals surface area contributed by atoms with Gasteiger partial charge in [0.2, 0.25) is 5.91 Å². The van der Waals surface area contributed by atoms with Crippen molar-refractivity contribution in [3.8, 4) is 0 Å². The van der Waals surface area contributed by atoms with Gasteiger partial charge in [0.1, 0.15) is 0 Å². The van der Waals surface area contributed by atoms with Crippen molar-refractivity contribution in [3.63, 3.8) is 0 Å². The van der Waals surface area contributed by atoms with Gasteiger partial charge in [0.05, 0.1) is 6.54 Å². The Hall–Kier alpha value is -0.220. The summed E-state index contributed by atoms with van der Waals surface area (Å²) in [6, 6.07) is 0.521. The predicted molar refractivity (Wildman–Crippen MR) is 52.4 cm³/mol. The third-order valence-electron chi connectivity index (χ3n) is 2.18. The average molecular weight is 188 g/mol. The lowest BCUT2D eigenvalue weighted by Gasteiger charge is -2.15. The largest absolute Gasteiger partial charge is 0.358 e. The van der Waals surface area contributed by atoms with E-state index in [1.54, 1.807) is 7.05 Å². The van der Waals surface area contributed by atoms with Crippen LogP contribution < -0.4 is 10.6 Å². The molecule has 0 spiro atoms. The maximum atomic E-state index is 10.9. The minimum atomic E-state index is 0.0686. The molecule has 4 heteroatoms. The SMILES string of the molecule is CNC(=O)CNC1CCSC1C. The second kappa shape index (κ2) is 4.72. The summed E-state index contributed by atoms with van der Waals surface area (Å²) in [5.74, 6) is 1.28. The Morgan fingerprint density at radius 1 is 1.67 bits per heavy atom. The molecular formula is C8H16N2OS. The van der Waals surface area contributed by atoms with Crippen LogP contribution in [0, 0.1) is 0 Å². The van der Waals surface area contributed by atoms with E-state index in [1.807, 2.05) is 11.8 Å². The van der Waals surface area contributed by atoms with Crippen LogP contribution in [0.4, 0.5) is 0 Å². The number of rotatable bonds is 3. The fraction of sp³-hybridized carbons (Fsp3) is 0.875. The van der Waals surface area contributed by atoms with Crippen molar-refractivity contribution in [2.75, 3.05) is 19.3 Å². The van der Waals surface area contributed by atoms with Gasteiger partial charge in [-0.05, 0) is 12.2 Å². The highest BCUT2D eigenvalue weighted by atomic mass is 32.2. The van der Waals surface area contributed by atoms with Crippen molar-refractivity contribution in [2.24, 2.45) is 0 Å². The number of amides is 1. The second-order valence-electron chi connectivity index (χ2n) is 3.03. The van der Waals surface area contributed by atoms with Crippen molar-refractivity contribution in [2.45, 2.75) is 24.6 Å². The highest BCUT2D eigenvalue weighted by Gasteiger charge is 2.23. The van der Waals surface area contributed by atoms with Crippen molar-refractivity contribution in [3.05, 3.63) is 0 Å². The van der Waals surface area contributed by atoms with Crippen molar-refractivity contribution in [1.29, 1.82) is 0 Å². The first-order chi connectivity index (χ1) is 5.74. The zero-order valence-corrected chi connectivity index (χ0v) is 8.41. The zero-order valence-electron chi connectivity index (χ0n) is 7.59. The number of nitrogens with one attached hydrogen (secondary N) is 2. The maximum absolute atomic E-state index is 10.9. The van der Waals surface area contributed by atoms with E-state index >= 15 is 0 Å². The lowest BCUT2D eigenvalue weighted by atomic mass is 10.2. The smallest absolute Gasteiger partial charge is 0.233 e. The molecule has 0 aromatic rings. The van der Waals surface area contributed by atoms with Gasteiger partial charge in [-0.25, -0.2) is 0 Å². The van der Waals surface area contributed by atoms with Gasteiger partial charge >= 0.3 is 0 Å². The number of carbonyl (C=O) groups is 1. The van der Waals surface area contributed by atoms with E-state index in [1.165, 1.54) is 12.2 Å². The summed E-state index contributed by atoms with van der Waals surface area (Å²) in [5, 5.41) is 6.49. The standard InChI is InChI=1S/C8H16N2OS/c1-6-7(3-4-12-6)10-5-8(11)9-2/h6-7,10H,3-5H2,1-2H3,(H,9,11). The first kappa shape index (κ1) is 9.86. The molecule has 2 N–H and O–H groups in total. The molecule has 0 aromatic carbocycles. The fourth-order valence-electron chi connectivity index (χ4n) is 1.31.